The highest BCUT2D eigenvalue weighted by Gasteiger charge is 2.27. The molecule has 1 aliphatic heterocycles. The van der Waals surface area contributed by atoms with E-state index in [0.717, 1.165) is 16.6 Å². The van der Waals surface area contributed by atoms with Crippen LogP contribution in [-0.2, 0) is 4.74 Å². The predicted molar refractivity (Wildman–Crippen MR) is 93.0 cm³/mol. The molecule has 2 heterocycles. The average molecular weight is 321 g/mol. The summed E-state index contributed by atoms with van der Waals surface area (Å²) in [6.07, 6.45) is 0.0826. The maximum Gasteiger partial charge on any atom is 0.256 e. The van der Waals surface area contributed by atoms with Crippen molar-refractivity contribution in [1.29, 1.82) is 0 Å². The first-order valence-corrected chi connectivity index (χ1v) is 8.22. The molecule has 4 rings (SSSR count). The summed E-state index contributed by atoms with van der Waals surface area (Å²) in [5.41, 5.74) is 3.64. The number of hydrogen-bond acceptors (Lipinski definition) is 4. The molecule has 2 atom stereocenters. The number of rotatable bonds is 1. The van der Waals surface area contributed by atoms with E-state index in [0.29, 0.717) is 24.2 Å². The molecule has 2 aromatic carbocycles. The zero-order valence-electron chi connectivity index (χ0n) is 13.8. The number of aromatic nitrogens is 2. The monoisotopic (exact) mass is 321 g/mol. The first kappa shape index (κ1) is 15.0. The zero-order valence-corrected chi connectivity index (χ0v) is 13.8. The van der Waals surface area contributed by atoms with Crippen LogP contribution in [0.3, 0.4) is 0 Å². The molecule has 1 saturated heterocycles. The van der Waals surface area contributed by atoms with Crippen molar-refractivity contribution in [3.63, 3.8) is 0 Å². The quantitative estimate of drug-likeness (QED) is 0.647. The molecule has 0 unspecified atom stereocenters. The van der Waals surface area contributed by atoms with Gasteiger partial charge >= 0.3 is 0 Å². The van der Waals surface area contributed by atoms with Gasteiger partial charge in [-0.1, -0.05) is 18.2 Å². The van der Waals surface area contributed by atoms with Gasteiger partial charge in [-0.25, -0.2) is 9.97 Å². The molecule has 122 valence electrons. The van der Waals surface area contributed by atoms with E-state index in [1.807, 2.05) is 61.2 Å². The Morgan fingerprint density at radius 1 is 0.958 bits per heavy atom. The molecule has 5 nitrogen and oxygen atoms in total. The molecule has 1 fully saturated rings. The number of fused-ring (bicyclic) bond motifs is 2. The first-order valence-electron chi connectivity index (χ1n) is 8.22. The van der Waals surface area contributed by atoms with Gasteiger partial charge in [-0.05, 0) is 38.1 Å². The van der Waals surface area contributed by atoms with Crippen LogP contribution in [0.4, 0.5) is 0 Å². The van der Waals surface area contributed by atoms with Crippen molar-refractivity contribution in [3.8, 4) is 0 Å². The van der Waals surface area contributed by atoms with E-state index < -0.39 is 0 Å². The molecule has 0 saturated carbocycles. The van der Waals surface area contributed by atoms with Crippen molar-refractivity contribution < 1.29 is 9.53 Å². The largest absolute Gasteiger partial charge is 0.372 e. The number of morpholine rings is 1. The van der Waals surface area contributed by atoms with E-state index in [-0.39, 0.29) is 18.1 Å². The van der Waals surface area contributed by atoms with Crippen LogP contribution in [0, 0.1) is 0 Å². The van der Waals surface area contributed by atoms with Crippen molar-refractivity contribution in [2.75, 3.05) is 13.1 Å². The van der Waals surface area contributed by atoms with E-state index in [9.17, 15) is 4.79 Å². The van der Waals surface area contributed by atoms with Crippen LogP contribution in [0.5, 0.6) is 0 Å². The number of carbonyl (C=O) groups excluding carboxylic acids is 1. The van der Waals surface area contributed by atoms with Crippen LogP contribution < -0.4 is 0 Å². The van der Waals surface area contributed by atoms with Gasteiger partial charge in [-0.3, -0.25) is 4.79 Å². The normalized spacial score (nSPS) is 21.3. The van der Waals surface area contributed by atoms with E-state index in [2.05, 4.69) is 4.98 Å². The molecular formula is C19H19N3O2. The number of para-hydroxylation sites is 3. The number of nitrogens with zero attached hydrogens (tertiary/aromatic N) is 3. The zero-order chi connectivity index (χ0) is 16.7. The number of ether oxygens (including phenoxy) is 1. The molecule has 1 aromatic heterocycles. The second kappa shape index (κ2) is 5.83. The van der Waals surface area contributed by atoms with Gasteiger partial charge in [-0.2, -0.15) is 0 Å². The second-order valence-corrected chi connectivity index (χ2v) is 6.35. The minimum absolute atomic E-state index is 0.00724. The second-order valence-electron chi connectivity index (χ2n) is 6.35. The van der Waals surface area contributed by atoms with E-state index in [1.54, 1.807) is 0 Å². The standard InChI is InChI=1S/C19H19N3O2/c1-12-10-22(11-13(2)24-12)19(23)14-6-5-9-17-18(14)21-16-8-4-3-7-15(16)20-17/h3-9,12-13H,10-11H2,1-2H3/t12-,13-/m1/s1. The molecule has 0 spiro atoms. The first-order chi connectivity index (χ1) is 11.6. The van der Waals surface area contributed by atoms with E-state index >= 15 is 0 Å². The Hall–Kier alpha value is -2.53. The van der Waals surface area contributed by atoms with Crippen molar-refractivity contribution in [3.05, 3.63) is 48.0 Å². The maximum atomic E-state index is 13.0. The molecule has 0 aliphatic carbocycles. The van der Waals surface area contributed by atoms with Crippen molar-refractivity contribution in [2.24, 2.45) is 0 Å². The summed E-state index contributed by atoms with van der Waals surface area (Å²) in [6.45, 7) is 5.18. The number of carbonyl (C=O) groups is 1. The van der Waals surface area contributed by atoms with Gasteiger partial charge in [0.1, 0.15) is 5.52 Å². The highest BCUT2D eigenvalue weighted by atomic mass is 16.5. The fourth-order valence-corrected chi connectivity index (χ4v) is 3.33. The summed E-state index contributed by atoms with van der Waals surface area (Å²) in [4.78, 5) is 24.2. The van der Waals surface area contributed by atoms with Crippen LogP contribution in [0.15, 0.2) is 42.5 Å². The highest BCUT2D eigenvalue weighted by Crippen LogP contribution is 2.22. The van der Waals surface area contributed by atoms with E-state index in [4.69, 9.17) is 9.72 Å². The van der Waals surface area contributed by atoms with Crippen molar-refractivity contribution in [1.82, 2.24) is 14.9 Å². The molecule has 24 heavy (non-hydrogen) atoms. The topological polar surface area (TPSA) is 55.3 Å². The smallest absolute Gasteiger partial charge is 0.256 e. The van der Waals surface area contributed by atoms with Gasteiger partial charge < -0.3 is 9.64 Å². The summed E-state index contributed by atoms with van der Waals surface area (Å²) in [5.74, 6) is -0.00724. The van der Waals surface area contributed by atoms with Crippen LogP contribution in [0.25, 0.3) is 22.1 Å². The Bertz CT molecular complexity index is 915. The molecule has 0 radical (unpaired) electrons. The number of benzene rings is 2. The minimum atomic E-state index is -0.00724. The van der Waals surface area contributed by atoms with Gasteiger partial charge in [0.2, 0.25) is 0 Å². The average Bonchev–Trinajstić information content (AvgIpc) is 2.58. The third-order valence-corrected chi connectivity index (χ3v) is 4.31. The van der Waals surface area contributed by atoms with Gasteiger partial charge in [0.15, 0.2) is 0 Å². The molecule has 5 heteroatoms. The van der Waals surface area contributed by atoms with Crippen LogP contribution >= 0.6 is 0 Å². The van der Waals surface area contributed by atoms with Gasteiger partial charge in [0.05, 0.1) is 34.3 Å². The minimum Gasteiger partial charge on any atom is -0.372 e. The van der Waals surface area contributed by atoms with Gasteiger partial charge in [0.25, 0.3) is 5.91 Å². The third kappa shape index (κ3) is 2.61. The van der Waals surface area contributed by atoms with Crippen molar-refractivity contribution >= 4 is 28.0 Å². The van der Waals surface area contributed by atoms with Crippen LogP contribution in [0.2, 0.25) is 0 Å². The molecule has 1 amide bonds. The molecule has 1 aliphatic rings. The van der Waals surface area contributed by atoms with Crippen molar-refractivity contribution in [2.45, 2.75) is 26.1 Å². The Balaban J connectivity index is 1.81. The number of amides is 1. The number of hydrogen-bond donors (Lipinski definition) is 0. The summed E-state index contributed by atoms with van der Waals surface area (Å²) < 4.78 is 5.73. The summed E-state index contributed by atoms with van der Waals surface area (Å²) in [6, 6.07) is 13.3. The lowest BCUT2D eigenvalue weighted by Crippen LogP contribution is -2.48. The summed E-state index contributed by atoms with van der Waals surface area (Å²) in [5, 5.41) is 0. The molecule has 0 bridgehead atoms. The van der Waals surface area contributed by atoms with Crippen LogP contribution in [-0.4, -0.2) is 46.1 Å². The fourth-order valence-electron chi connectivity index (χ4n) is 3.33. The summed E-state index contributed by atoms with van der Waals surface area (Å²) in [7, 11) is 0. The Morgan fingerprint density at radius 2 is 1.58 bits per heavy atom. The van der Waals surface area contributed by atoms with Gasteiger partial charge in [-0.15, -0.1) is 0 Å². The fraction of sp³-hybridized carbons (Fsp3) is 0.316. The predicted octanol–water partition coefficient (Wildman–Crippen LogP) is 3.03. The SMILES string of the molecule is C[C@@H]1CN(C(=O)c2cccc3nc4ccccc4nc23)C[C@@H](C)O1. The highest BCUT2D eigenvalue weighted by molar-refractivity contribution is 6.06. The summed E-state index contributed by atoms with van der Waals surface area (Å²) >= 11 is 0. The molecular weight excluding hydrogens is 302 g/mol. The Kier molecular flexibility index (Phi) is 3.65. The van der Waals surface area contributed by atoms with Crippen LogP contribution in [0.1, 0.15) is 24.2 Å². The Labute approximate surface area is 140 Å². The Morgan fingerprint density at radius 3 is 2.29 bits per heavy atom. The maximum absolute atomic E-state index is 13.0. The molecule has 3 aromatic rings. The third-order valence-electron chi connectivity index (χ3n) is 4.31. The lowest BCUT2D eigenvalue weighted by Gasteiger charge is -2.35. The van der Waals surface area contributed by atoms with E-state index in [1.165, 1.54) is 0 Å². The molecule has 0 N–H and O–H groups in total. The lowest BCUT2D eigenvalue weighted by atomic mass is 10.1. The van der Waals surface area contributed by atoms with Gasteiger partial charge in [0, 0.05) is 13.1 Å². The lowest BCUT2D eigenvalue weighted by molar-refractivity contribution is -0.0585.